The van der Waals surface area contributed by atoms with Crippen molar-refractivity contribution in [2.75, 3.05) is 27.4 Å². The molecule has 0 unspecified atom stereocenters. The van der Waals surface area contributed by atoms with E-state index in [9.17, 15) is 9.18 Å². The van der Waals surface area contributed by atoms with Gasteiger partial charge in [-0.2, -0.15) is 0 Å². The van der Waals surface area contributed by atoms with Crippen LogP contribution in [0.5, 0.6) is 0 Å². The highest BCUT2D eigenvalue weighted by Crippen LogP contribution is 2.28. The predicted octanol–water partition coefficient (Wildman–Crippen LogP) is 4.71. The number of rotatable bonds is 10. The molecule has 30 heavy (non-hydrogen) atoms. The van der Waals surface area contributed by atoms with E-state index < -0.39 is 5.97 Å². The van der Waals surface area contributed by atoms with Crippen LogP contribution < -0.4 is 0 Å². The van der Waals surface area contributed by atoms with Gasteiger partial charge >= 0.3 is 5.97 Å². The fraction of sp³-hybridized carbons (Fsp3) is 0.273. The largest absolute Gasteiger partial charge is 0.503 e. The van der Waals surface area contributed by atoms with Crippen LogP contribution in [0.15, 0.2) is 58.4 Å². The fourth-order valence-corrected chi connectivity index (χ4v) is 3.07. The Morgan fingerprint density at radius 2 is 1.90 bits per heavy atom. The van der Waals surface area contributed by atoms with E-state index >= 15 is 0 Å². The lowest BCUT2D eigenvalue weighted by atomic mass is 10.0. The quantitative estimate of drug-likeness (QED) is 0.162. The molecule has 0 saturated carbocycles. The lowest BCUT2D eigenvalue weighted by molar-refractivity contribution is -0.133. The summed E-state index contributed by atoms with van der Waals surface area (Å²) < 4.78 is 29.3. The van der Waals surface area contributed by atoms with Gasteiger partial charge in [-0.3, -0.25) is 0 Å². The fourth-order valence-electron chi connectivity index (χ4n) is 2.59. The second-order valence-electron chi connectivity index (χ2n) is 5.98. The number of oxime groups is 1. The van der Waals surface area contributed by atoms with Crippen LogP contribution in [0.3, 0.4) is 0 Å². The molecule has 0 bridgehead atoms. The van der Waals surface area contributed by atoms with E-state index in [1.54, 1.807) is 24.3 Å². The van der Waals surface area contributed by atoms with Crippen molar-refractivity contribution >= 4 is 33.2 Å². The third-order valence-electron chi connectivity index (χ3n) is 4.05. The van der Waals surface area contributed by atoms with Gasteiger partial charge in [-0.05, 0) is 30.7 Å². The zero-order chi connectivity index (χ0) is 21.9. The summed E-state index contributed by atoms with van der Waals surface area (Å²) in [5, 5.41) is 4.19. The summed E-state index contributed by atoms with van der Waals surface area (Å²) >= 11 is 3.48. The Balaban J connectivity index is 2.31. The zero-order valence-corrected chi connectivity index (χ0v) is 18.6. The minimum atomic E-state index is -0.539. The second kappa shape index (κ2) is 12.1. The van der Waals surface area contributed by atoms with Crippen molar-refractivity contribution in [3.63, 3.8) is 0 Å². The maximum atomic E-state index is 13.2. The van der Waals surface area contributed by atoms with Crippen LogP contribution in [0.1, 0.15) is 23.6 Å². The summed E-state index contributed by atoms with van der Waals surface area (Å²) in [7, 11) is 2.75. The molecule has 2 aromatic rings. The normalized spacial score (nSPS) is 11.9. The van der Waals surface area contributed by atoms with Crippen LogP contribution in [-0.4, -0.2) is 39.1 Å². The van der Waals surface area contributed by atoms with Gasteiger partial charge in [-0.1, -0.05) is 45.4 Å². The maximum Gasteiger partial charge on any atom is 0.341 e. The Bertz CT molecular complexity index is 912. The molecular weight excluding hydrogens is 457 g/mol. The molecule has 6 nitrogen and oxygen atoms in total. The number of carbonyl (C=O) groups excluding carboxylic acids is 1. The van der Waals surface area contributed by atoms with E-state index in [0.717, 1.165) is 4.47 Å². The van der Waals surface area contributed by atoms with E-state index in [4.69, 9.17) is 19.0 Å². The lowest BCUT2D eigenvalue weighted by Gasteiger charge is -2.13. The molecule has 0 saturated heterocycles. The number of methoxy groups -OCH3 is 2. The Hall–Kier alpha value is -2.71. The summed E-state index contributed by atoms with van der Waals surface area (Å²) in [6.45, 7) is 2.64. The topological polar surface area (TPSA) is 66.3 Å². The molecule has 0 atom stereocenters. The number of esters is 1. The first kappa shape index (κ1) is 23.6. The van der Waals surface area contributed by atoms with Gasteiger partial charge in [-0.25, -0.2) is 9.18 Å². The summed E-state index contributed by atoms with van der Waals surface area (Å²) in [6, 6.07) is 11.3. The molecule has 0 aliphatic carbocycles. The Labute approximate surface area is 183 Å². The predicted molar refractivity (Wildman–Crippen MR) is 115 cm³/mol. The molecular formula is C22H23BrFNO5. The average Bonchev–Trinajstić information content (AvgIpc) is 2.75. The lowest BCUT2D eigenvalue weighted by Crippen LogP contribution is -2.12. The number of nitrogens with zero attached hydrogens (tertiary/aromatic N) is 1. The number of carbonyl (C=O) groups is 1. The highest BCUT2D eigenvalue weighted by atomic mass is 79.9. The summed E-state index contributed by atoms with van der Waals surface area (Å²) in [6.07, 6.45) is 1.32. The Morgan fingerprint density at radius 3 is 2.53 bits per heavy atom. The second-order valence-corrected chi connectivity index (χ2v) is 6.83. The maximum absolute atomic E-state index is 13.2. The van der Waals surface area contributed by atoms with Crippen molar-refractivity contribution in [2.24, 2.45) is 5.16 Å². The van der Waals surface area contributed by atoms with E-state index in [2.05, 4.69) is 21.1 Å². The van der Waals surface area contributed by atoms with Gasteiger partial charge in [0.1, 0.15) is 23.7 Å². The SMILES string of the molecule is CCOC/C(=N\OCc1c(Br)cccc1/C(=C\OC)C(=O)OC)c1ccc(F)cc1. The molecule has 0 heterocycles. The average molecular weight is 480 g/mol. The molecule has 2 rings (SSSR count). The van der Waals surface area contributed by atoms with E-state index in [1.807, 2.05) is 13.0 Å². The first-order chi connectivity index (χ1) is 14.5. The number of benzene rings is 2. The van der Waals surface area contributed by atoms with E-state index in [0.29, 0.717) is 29.0 Å². The summed E-state index contributed by atoms with van der Waals surface area (Å²) in [4.78, 5) is 17.8. The third kappa shape index (κ3) is 6.40. The minimum Gasteiger partial charge on any atom is -0.503 e. The van der Waals surface area contributed by atoms with Crippen LogP contribution in [0, 0.1) is 5.82 Å². The van der Waals surface area contributed by atoms with Crippen LogP contribution in [-0.2, 0) is 30.4 Å². The van der Waals surface area contributed by atoms with Crippen molar-refractivity contribution in [2.45, 2.75) is 13.5 Å². The zero-order valence-electron chi connectivity index (χ0n) is 17.0. The van der Waals surface area contributed by atoms with Crippen LogP contribution >= 0.6 is 15.9 Å². The molecule has 2 aromatic carbocycles. The van der Waals surface area contributed by atoms with Crippen LogP contribution in [0.4, 0.5) is 4.39 Å². The first-order valence-electron chi connectivity index (χ1n) is 9.13. The van der Waals surface area contributed by atoms with Crippen molar-refractivity contribution in [1.29, 1.82) is 0 Å². The monoisotopic (exact) mass is 479 g/mol. The molecule has 0 spiro atoms. The van der Waals surface area contributed by atoms with Crippen LogP contribution in [0.25, 0.3) is 5.57 Å². The molecule has 160 valence electrons. The number of ether oxygens (including phenoxy) is 3. The minimum absolute atomic E-state index is 0.0611. The van der Waals surface area contributed by atoms with Gasteiger partial charge in [0.05, 0.1) is 27.1 Å². The van der Waals surface area contributed by atoms with Crippen molar-refractivity contribution < 1.29 is 28.2 Å². The van der Waals surface area contributed by atoms with Gasteiger partial charge in [0, 0.05) is 22.2 Å². The molecule has 0 aliphatic rings. The number of hydrogen-bond donors (Lipinski definition) is 0. The van der Waals surface area contributed by atoms with Gasteiger partial charge in [0.25, 0.3) is 0 Å². The van der Waals surface area contributed by atoms with Crippen molar-refractivity contribution in [3.05, 3.63) is 75.7 Å². The van der Waals surface area contributed by atoms with E-state index in [1.165, 1.54) is 32.6 Å². The Morgan fingerprint density at radius 1 is 1.17 bits per heavy atom. The molecule has 0 aromatic heterocycles. The highest BCUT2D eigenvalue weighted by molar-refractivity contribution is 9.10. The molecule has 8 heteroatoms. The number of halogens is 2. The van der Waals surface area contributed by atoms with Gasteiger partial charge < -0.3 is 19.0 Å². The van der Waals surface area contributed by atoms with Gasteiger partial charge in [-0.15, -0.1) is 0 Å². The summed E-state index contributed by atoms with van der Waals surface area (Å²) in [5.41, 5.74) is 2.72. The first-order valence-corrected chi connectivity index (χ1v) is 9.92. The van der Waals surface area contributed by atoms with Gasteiger partial charge in [0.15, 0.2) is 0 Å². The van der Waals surface area contributed by atoms with Crippen molar-refractivity contribution in [3.8, 4) is 0 Å². The molecule has 0 amide bonds. The smallest absolute Gasteiger partial charge is 0.341 e. The van der Waals surface area contributed by atoms with Gasteiger partial charge in [0.2, 0.25) is 0 Å². The molecule has 0 N–H and O–H groups in total. The van der Waals surface area contributed by atoms with E-state index in [-0.39, 0.29) is 24.6 Å². The molecule has 0 fully saturated rings. The highest BCUT2D eigenvalue weighted by Gasteiger charge is 2.19. The molecule has 0 aliphatic heterocycles. The standard InChI is InChI=1S/C22H23BrFNO5/c1-4-29-14-21(15-8-10-16(24)11-9-15)25-30-13-18-17(6-5-7-20(18)23)19(12-27-2)22(26)28-3/h5-12H,4,13-14H2,1-3H3/b19-12+,25-21+. The van der Waals surface area contributed by atoms with Crippen molar-refractivity contribution in [1.82, 2.24) is 0 Å². The molecule has 0 radical (unpaired) electrons. The van der Waals surface area contributed by atoms with Crippen LogP contribution in [0.2, 0.25) is 0 Å². The third-order valence-corrected chi connectivity index (χ3v) is 4.80. The number of hydrogen-bond acceptors (Lipinski definition) is 6. The summed E-state index contributed by atoms with van der Waals surface area (Å²) in [5.74, 6) is -0.878. The Kier molecular flexibility index (Phi) is 9.50.